The zero-order chi connectivity index (χ0) is 18.7. The lowest BCUT2D eigenvalue weighted by Gasteiger charge is -2.10. The highest BCUT2D eigenvalue weighted by molar-refractivity contribution is 7.94. The van der Waals surface area contributed by atoms with Crippen molar-refractivity contribution in [3.8, 4) is 5.88 Å². The number of aromatic hydroxyl groups is 1. The second-order valence-electron chi connectivity index (χ2n) is 5.89. The fraction of sp³-hybridized carbons (Fsp3) is 0.235. The molecule has 0 spiro atoms. The third-order valence-corrected chi connectivity index (χ3v) is 5.36. The van der Waals surface area contributed by atoms with Crippen LogP contribution in [0, 0.1) is 0 Å². The summed E-state index contributed by atoms with van der Waals surface area (Å²) in [6, 6.07) is 8.77. The molecule has 0 saturated carbocycles. The molecule has 8 nitrogen and oxygen atoms in total. The number of rotatable bonds is 5. The Morgan fingerprint density at radius 2 is 2.00 bits per heavy atom. The second-order valence-corrected chi connectivity index (χ2v) is 7.82. The Labute approximate surface area is 149 Å². The maximum Gasteiger partial charge on any atom is 0.331 e. The minimum absolute atomic E-state index is 0.171. The molecule has 1 aliphatic heterocycles. The summed E-state index contributed by atoms with van der Waals surface area (Å²) in [5, 5.41) is 11.4. The summed E-state index contributed by atoms with van der Waals surface area (Å²) in [4.78, 5) is 30.1. The minimum Gasteiger partial charge on any atom is -0.494 e. The molecule has 0 amide bonds. The Hall–Kier alpha value is -2.94. The van der Waals surface area contributed by atoms with E-state index in [1.807, 2.05) is 30.3 Å². The largest absolute Gasteiger partial charge is 0.494 e. The molecule has 2 heterocycles. The number of aromatic nitrogens is 2. The number of hydrogen-bond acceptors (Lipinski definition) is 6. The molecule has 1 aliphatic rings. The van der Waals surface area contributed by atoms with Gasteiger partial charge < -0.3 is 5.11 Å². The van der Waals surface area contributed by atoms with Gasteiger partial charge in [0.15, 0.2) is 9.84 Å². The van der Waals surface area contributed by atoms with Crippen LogP contribution in [0.25, 0.3) is 0 Å². The average Bonchev–Trinajstić information content (AvgIpc) is 2.94. The number of nitrogens with zero attached hydrogens (tertiary/aromatic N) is 2. The van der Waals surface area contributed by atoms with Gasteiger partial charge in [-0.15, -0.1) is 0 Å². The quantitative estimate of drug-likeness (QED) is 0.724. The average molecular weight is 375 g/mol. The number of H-pyrrole nitrogens is 1. The maximum absolute atomic E-state index is 12.0. The van der Waals surface area contributed by atoms with Crippen LogP contribution >= 0.6 is 0 Å². The predicted octanol–water partition coefficient (Wildman–Crippen LogP) is 0.214. The Morgan fingerprint density at radius 1 is 1.27 bits per heavy atom. The van der Waals surface area contributed by atoms with Crippen molar-refractivity contribution in [1.82, 2.24) is 9.55 Å². The van der Waals surface area contributed by atoms with Crippen LogP contribution in [0.1, 0.15) is 11.1 Å². The lowest BCUT2D eigenvalue weighted by Crippen LogP contribution is -2.32. The first-order valence-electron chi connectivity index (χ1n) is 7.90. The van der Waals surface area contributed by atoms with Crippen molar-refractivity contribution in [2.24, 2.45) is 4.99 Å². The smallest absolute Gasteiger partial charge is 0.331 e. The van der Waals surface area contributed by atoms with Crippen molar-refractivity contribution in [3.63, 3.8) is 0 Å². The van der Waals surface area contributed by atoms with Gasteiger partial charge in [-0.1, -0.05) is 30.3 Å². The summed E-state index contributed by atoms with van der Waals surface area (Å²) in [5.74, 6) is -0.682. The first-order chi connectivity index (χ1) is 12.4. The summed E-state index contributed by atoms with van der Waals surface area (Å²) in [5.41, 5.74) is -0.710. The van der Waals surface area contributed by atoms with Gasteiger partial charge in [-0.05, 0) is 18.1 Å². The summed E-state index contributed by atoms with van der Waals surface area (Å²) >= 11 is 0. The van der Waals surface area contributed by atoms with Crippen LogP contribution in [-0.2, 0) is 22.8 Å². The second kappa shape index (κ2) is 7.12. The lowest BCUT2D eigenvalue weighted by molar-refractivity contribution is 0.399. The molecule has 2 N–H and O–H groups in total. The van der Waals surface area contributed by atoms with Gasteiger partial charge in [-0.25, -0.2) is 13.2 Å². The van der Waals surface area contributed by atoms with E-state index in [2.05, 4.69) is 9.98 Å². The van der Waals surface area contributed by atoms with Gasteiger partial charge in [0.05, 0.1) is 11.8 Å². The Bertz CT molecular complexity index is 1080. The number of nitrogens with one attached hydrogen (secondary N) is 1. The molecule has 0 fully saturated rings. The number of benzene rings is 1. The molecule has 1 aromatic carbocycles. The van der Waals surface area contributed by atoms with Crippen molar-refractivity contribution in [2.45, 2.75) is 19.0 Å². The van der Waals surface area contributed by atoms with E-state index in [-0.39, 0.29) is 17.9 Å². The lowest BCUT2D eigenvalue weighted by atomic mass is 10.1. The van der Waals surface area contributed by atoms with Gasteiger partial charge in [0.25, 0.3) is 5.56 Å². The fourth-order valence-corrected chi connectivity index (χ4v) is 3.81. The van der Waals surface area contributed by atoms with E-state index >= 15 is 0 Å². The van der Waals surface area contributed by atoms with E-state index in [4.69, 9.17) is 0 Å². The van der Waals surface area contributed by atoms with Crippen molar-refractivity contribution in [2.75, 3.05) is 5.75 Å². The summed E-state index contributed by atoms with van der Waals surface area (Å²) in [6.07, 6.45) is 2.99. The summed E-state index contributed by atoms with van der Waals surface area (Å²) in [6.45, 7) is 0.171. The van der Waals surface area contributed by atoms with Gasteiger partial charge in [0, 0.05) is 18.2 Å². The predicted molar refractivity (Wildman–Crippen MR) is 97.4 cm³/mol. The molecule has 0 radical (unpaired) electrons. The highest BCUT2D eigenvalue weighted by Crippen LogP contribution is 2.13. The third-order valence-electron chi connectivity index (χ3n) is 3.98. The molecule has 0 saturated heterocycles. The molecular formula is C17H17N3O5S. The number of sulfone groups is 1. The first-order valence-corrected chi connectivity index (χ1v) is 9.61. The molecule has 136 valence electrons. The van der Waals surface area contributed by atoms with Gasteiger partial charge >= 0.3 is 5.69 Å². The fourth-order valence-electron chi connectivity index (χ4n) is 2.61. The van der Waals surface area contributed by atoms with Crippen LogP contribution in [0.2, 0.25) is 0 Å². The monoisotopic (exact) mass is 375 g/mol. The maximum atomic E-state index is 12.0. The van der Waals surface area contributed by atoms with Crippen molar-refractivity contribution < 1.29 is 13.5 Å². The van der Waals surface area contributed by atoms with Gasteiger partial charge in [0.2, 0.25) is 5.88 Å². The number of aromatic amines is 1. The molecule has 0 aliphatic carbocycles. The highest BCUT2D eigenvalue weighted by atomic mass is 32.2. The minimum atomic E-state index is -3.27. The molecule has 2 aromatic rings. The Balaban J connectivity index is 1.86. The van der Waals surface area contributed by atoms with Gasteiger partial charge in [-0.3, -0.25) is 19.3 Å². The van der Waals surface area contributed by atoms with E-state index in [0.29, 0.717) is 6.42 Å². The van der Waals surface area contributed by atoms with Crippen LogP contribution in [0.15, 0.2) is 56.4 Å². The molecule has 9 heteroatoms. The Kier molecular flexibility index (Phi) is 4.90. The van der Waals surface area contributed by atoms with Crippen LogP contribution in [0.3, 0.4) is 0 Å². The molecule has 0 unspecified atom stereocenters. The van der Waals surface area contributed by atoms with Crippen molar-refractivity contribution in [3.05, 3.63) is 73.8 Å². The number of aliphatic imine (C=N–C) groups is 1. The molecule has 1 atom stereocenters. The zero-order valence-corrected chi connectivity index (χ0v) is 14.5. The van der Waals surface area contributed by atoms with Crippen LogP contribution in [0.5, 0.6) is 5.88 Å². The molecule has 0 bridgehead atoms. The molecule has 26 heavy (non-hydrogen) atoms. The summed E-state index contributed by atoms with van der Waals surface area (Å²) in [7, 11) is -3.27. The SMILES string of the molecule is O=c1[nH]c(=O)n(CCc2ccccc2)c(O)c1C=N[C@@H]1C=CS(=O)(=O)C1. The zero-order valence-electron chi connectivity index (χ0n) is 13.7. The van der Waals surface area contributed by atoms with E-state index < -0.39 is 33.0 Å². The number of hydrogen-bond donors (Lipinski definition) is 2. The third kappa shape index (κ3) is 3.99. The molecular weight excluding hydrogens is 358 g/mol. The van der Waals surface area contributed by atoms with Crippen LogP contribution in [0.4, 0.5) is 0 Å². The van der Waals surface area contributed by atoms with E-state index in [1.165, 1.54) is 6.08 Å². The molecule has 1 aromatic heterocycles. The van der Waals surface area contributed by atoms with Crippen LogP contribution < -0.4 is 11.2 Å². The Morgan fingerprint density at radius 3 is 2.65 bits per heavy atom. The standard InChI is InChI=1S/C17H17N3O5S/c21-15-14(10-18-13-7-9-26(24,25)11-13)16(22)20(17(23)19-15)8-6-12-4-2-1-3-5-12/h1-5,7,9-10,13,22H,6,8,11H2,(H,19,21,23)/t13-/m1/s1. The number of aryl methyl sites for hydroxylation is 1. The molecule has 3 rings (SSSR count). The van der Waals surface area contributed by atoms with E-state index in [9.17, 15) is 23.1 Å². The summed E-state index contributed by atoms with van der Waals surface area (Å²) < 4.78 is 23.8. The topological polar surface area (TPSA) is 122 Å². The normalized spacial score (nSPS) is 18.5. The first kappa shape index (κ1) is 17.9. The van der Waals surface area contributed by atoms with E-state index in [0.717, 1.165) is 21.8 Å². The van der Waals surface area contributed by atoms with Crippen LogP contribution in [-0.4, -0.2) is 41.1 Å². The van der Waals surface area contributed by atoms with Gasteiger partial charge in [0.1, 0.15) is 5.56 Å². The van der Waals surface area contributed by atoms with Crippen molar-refractivity contribution in [1.29, 1.82) is 0 Å². The van der Waals surface area contributed by atoms with Crippen molar-refractivity contribution >= 4 is 16.1 Å². The highest BCUT2D eigenvalue weighted by Gasteiger charge is 2.21. The van der Waals surface area contributed by atoms with E-state index in [1.54, 1.807) is 0 Å². The van der Waals surface area contributed by atoms with Gasteiger partial charge in [-0.2, -0.15) is 0 Å².